The van der Waals surface area contributed by atoms with Gasteiger partial charge in [0.2, 0.25) is 0 Å². The minimum Gasteiger partial charge on any atom is -0.354 e. The lowest BCUT2D eigenvalue weighted by molar-refractivity contribution is 0.530. The van der Waals surface area contributed by atoms with Crippen molar-refractivity contribution in [3.8, 4) is 5.82 Å². The first-order valence-electron chi connectivity index (χ1n) is 10.4. The molecule has 7 heteroatoms. The highest BCUT2D eigenvalue weighted by Crippen LogP contribution is 2.26. The highest BCUT2D eigenvalue weighted by Gasteiger charge is 2.26. The van der Waals surface area contributed by atoms with E-state index in [9.17, 15) is 4.79 Å². The maximum atomic E-state index is 13.0. The third-order valence-corrected chi connectivity index (χ3v) is 5.99. The average molecular weight is 408 g/mol. The number of fused-ring (bicyclic) bond motifs is 2. The van der Waals surface area contributed by atoms with Crippen molar-refractivity contribution in [2.24, 2.45) is 0 Å². The molecule has 0 spiro atoms. The number of aromatic nitrogens is 5. The van der Waals surface area contributed by atoms with Gasteiger partial charge < -0.3 is 4.90 Å². The van der Waals surface area contributed by atoms with Crippen LogP contribution in [-0.4, -0.2) is 37.2 Å². The predicted octanol–water partition coefficient (Wildman–Crippen LogP) is 3.58. The van der Waals surface area contributed by atoms with Crippen molar-refractivity contribution in [2.45, 2.75) is 12.5 Å². The summed E-state index contributed by atoms with van der Waals surface area (Å²) in [6.45, 7) is 1.56. The molecule has 152 valence electrons. The van der Waals surface area contributed by atoms with E-state index in [4.69, 9.17) is 4.98 Å². The molecule has 0 aliphatic carbocycles. The van der Waals surface area contributed by atoms with Gasteiger partial charge in [0, 0.05) is 13.1 Å². The third kappa shape index (κ3) is 2.97. The number of pyridine rings is 1. The smallest absolute Gasteiger partial charge is 0.261 e. The van der Waals surface area contributed by atoms with Crippen molar-refractivity contribution in [1.82, 2.24) is 24.1 Å². The second-order valence-corrected chi connectivity index (χ2v) is 7.82. The normalized spacial score (nSPS) is 16.4. The molecule has 0 N–H and O–H groups in total. The molecular weight excluding hydrogens is 388 g/mol. The van der Waals surface area contributed by atoms with Crippen LogP contribution in [0.5, 0.6) is 0 Å². The first kappa shape index (κ1) is 17.8. The highest BCUT2D eigenvalue weighted by molar-refractivity contribution is 5.77. The van der Waals surface area contributed by atoms with Crippen molar-refractivity contribution in [3.63, 3.8) is 0 Å². The summed E-state index contributed by atoms with van der Waals surface area (Å²) >= 11 is 0. The van der Waals surface area contributed by atoms with Crippen molar-refractivity contribution in [2.75, 3.05) is 18.0 Å². The summed E-state index contributed by atoms with van der Waals surface area (Å²) in [5.74, 6) is 1.73. The fourth-order valence-corrected chi connectivity index (χ4v) is 4.38. The lowest BCUT2D eigenvalue weighted by atomic mass is 10.2. The minimum absolute atomic E-state index is 0.0176. The van der Waals surface area contributed by atoms with E-state index in [1.54, 1.807) is 10.9 Å². The molecule has 0 radical (unpaired) electrons. The maximum absolute atomic E-state index is 13.0. The number of hydrogen-bond acceptors (Lipinski definition) is 5. The van der Waals surface area contributed by atoms with E-state index >= 15 is 0 Å². The van der Waals surface area contributed by atoms with Crippen LogP contribution >= 0.6 is 0 Å². The quantitative estimate of drug-likeness (QED) is 0.456. The molecule has 2 aromatic carbocycles. The summed E-state index contributed by atoms with van der Waals surface area (Å²) in [5, 5.41) is 0.663. The predicted molar refractivity (Wildman–Crippen MR) is 121 cm³/mol. The molecule has 7 nitrogen and oxygen atoms in total. The molecule has 1 saturated heterocycles. The molecule has 1 fully saturated rings. The van der Waals surface area contributed by atoms with E-state index in [-0.39, 0.29) is 11.6 Å². The van der Waals surface area contributed by atoms with E-state index in [1.807, 2.05) is 77.6 Å². The van der Waals surface area contributed by atoms with Crippen LogP contribution < -0.4 is 10.5 Å². The van der Waals surface area contributed by atoms with Crippen LogP contribution in [0.2, 0.25) is 0 Å². The van der Waals surface area contributed by atoms with Gasteiger partial charge in [-0.25, -0.2) is 15.0 Å². The zero-order valence-corrected chi connectivity index (χ0v) is 16.8. The van der Waals surface area contributed by atoms with E-state index in [2.05, 4.69) is 14.9 Å². The SMILES string of the molecule is O=c1c2ccccc2ncn1C1CCN(c2cccc(-n3cnc4ccccc43)n2)C1. The van der Waals surface area contributed by atoms with Crippen LogP contribution in [0, 0.1) is 0 Å². The van der Waals surface area contributed by atoms with E-state index in [1.165, 1.54) is 0 Å². The van der Waals surface area contributed by atoms with Crippen LogP contribution in [-0.2, 0) is 0 Å². The van der Waals surface area contributed by atoms with E-state index < -0.39 is 0 Å². The first-order valence-corrected chi connectivity index (χ1v) is 10.4. The fraction of sp³-hybridized carbons (Fsp3) is 0.167. The van der Waals surface area contributed by atoms with Crippen LogP contribution in [0.3, 0.4) is 0 Å². The zero-order valence-electron chi connectivity index (χ0n) is 16.8. The Morgan fingerprint density at radius 2 is 1.58 bits per heavy atom. The van der Waals surface area contributed by atoms with Crippen molar-refractivity contribution < 1.29 is 0 Å². The summed E-state index contributed by atoms with van der Waals surface area (Å²) in [6, 6.07) is 21.6. The molecule has 5 aromatic rings. The van der Waals surface area contributed by atoms with Gasteiger partial charge in [-0.15, -0.1) is 0 Å². The Labute approximate surface area is 178 Å². The number of hydrogen-bond donors (Lipinski definition) is 0. The Kier molecular flexibility index (Phi) is 4.06. The largest absolute Gasteiger partial charge is 0.354 e. The fourth-order valence-electron chi connectivity index (χ4n) is 4.38. The van der Waals surface area contributed by atoms with E-state index in [0.717, 1.165) is 47.7 Å². The summed E-state index contributed by atoms with van der Waals surface area (Å²) in [6.07, 6.45) is 4.37. The molecule has 0 bridgehead atoms. The van der Waals surface area contributed by atoms with Gasteiger partial charge in [0.25, 0.3) is 5.56 Å². The Hall–Kier alpha value is -4.00. The minimum atomic E-state index is 0.0176. The third-order valence-electron chi connectivity index (χ3n) is 5.99. The van der Waals surface area contributed by atoms with Gasteiger partial charge in [-0.3, -0.25) is 13.9 Å². The van der Waals surface area contributed by atoms with Gasteiger partial charge in [-0.05, 0) is 42.8 Å². The lowest BCUT2D eigenvalue weighted by Crippen LogP contribution is -2.28. The maximum Gasteiger partial charge on any atom is 0.261 e. The number of benzene rings is 2. The number of para-hydroxylation sites is 3. The second-order valence-electron chi connectivity index (χ2n) is 7.82. The Morgan fingerprint density at radius 1 is 0.806 bits per heavy atom. The molecule has 0 amide bonds. The average Bonchev–Trinajstić information content (AvgIpc) is 3.47. The monoisotopic (exact) mass is 408 g/mol. The molecule has 3 aromatic heterocycles. The summed E-state index contributed by atoms with van der Waals surface area (Å²) < 4.78 is 3.78. The molecule has 6 rings (SSSR count). The molecule has 1 aliphatic rings. The summed E-state index contributed by atoms with van der Waals surface area (Å²) in [5.41, 5.74) is 2.73. The molecule has 4 heterocycles. The number of nitrogens with zero attached hydrogens (tertiary/aromatic N) is 6. The van der Waals surface area contributed by atoms with Gasteiger partial charge in [-0.2, -0.15) is 0 Å². The zero-order chi connectivity index (χ0) is 20.8. The van der Waals surface area contributed by atoms with Crippen LogP contribution in [0.15, 0.2) is 84.2 Å². The van der Waals surface area contributed by atoms with Gasteiger partial charge in [-0.1, -0.05) is 30.3 Å². The van der Waals surface area contributed by atoms with Gasteiger partial charge in [0.05, 0.1) is 34.3 Å². The standard InChI is InChI=1S/C24H20N6O/c31-24-18-6-1-2-7-19(18)25-15-29(24)17-12-13-28(14-17)22-10-5-11-23(27-22)30-16-26-20-8-3-4-9-21(20)30/h1-11,15-17H,12-14H2. The first-order chi connectivity index (χ1) is 15.3. The van der Waals surface area contributed by atoms with Crippen molar-refractivity contribution >= 4 is 27.8 Å². The van der Waals surface area contributed by atoms with Crippen LogP contribution in [0.25, 0.3) is 27.8 Å². The topological polar surface area (TPSA) is 68.8 Å². The number of anilines is 1. The molecule has 31 heavy (non-hydrogen) atoms. The lowest BCUT2D eigenvalue weighted by Gasteiger charge is -2.19. The Bertz CT molecular complexity index is 1470. The molecule has 1 aliphatic heterocycles. The van der Waals surface area contributed by atoms with Gasteiger partial charge in [0.15, 0.2) is 0 Å². The number of imidazole rings is 1. The second kappa shape index (κ2) is 7.05. The van der Waals surface area contributed by atoms with Crippen LogP contribution in [0.4, 0.5) is 5.82 Å². The summed E-state index contributed by atoms with van der Waals surface area (Å²) in [4.78, 5) is 29.0. The molecular formula is C24H20N6O. The molecule has 0 saturated carbocycles. The Balaban J connectivity index is 1.31. The number of rotatable bonds is 3. The van der Waals surface area contributed by atoms with Crippen LogP contribution in [0.1, 0.15) is 12.5 Å². The van der Waals surface area contributed by atoms with E-state index in [0.29, 0.717) is 5.39 Å². The van der Waals surface area contributed by atoms with Crippen molar-refractivity contribution in [3.05, 3.63) is 89.7 Å². The molecule has 1 unspecified atom stereocenters. The highest BCUT2D eigenvalue weighted by atomic mass is 16.1. The van der Waals surface area contributed by atoms with Gasteiger partial charge in [0.1, 0.15) is 18.0 Å². The molecule has 1 atom stereocenters. The Morgan fingerprint density at radius 3 is 2.52 bits per heavy atom. The van der Waals surface area contributed by atoms with Gasteiger partial charge >= 0.3 is 0 Å². The van der Waals surface area contributed by atoms with Crippen molar-refractivity contribution in [1.29, 1.82) is 0 Å². The summed E-state index contributed by atoms with van der Waals surface area (Å²) in [7, 11) is 0.